The molecule has 0 amide bonds. The molecule has 1 fully saturated rings. The SMILES string of the molecule is NC1CC2CCC1c1ccccc12. The summed E-state index contributed by atoms with van der Waals surface area (Å²) in [5.41, 5.74) is 9.26. The highest BCUT2D eigenvalue weighted by molar-refractivity contribution is 5.39. The van der Waals surface area contributed by atoms with Crippen molar-refractivity contribution in [2.75, 3.05) is 0 Å². The van der Waals surface area contributed by atoms with Gasteiger partial charge in [-0.2, -0.15) is 0 Å². The quantitative estimate of drug-likeness (QED) is 0.640. The van der Waals surface area contributed by atoms with Crippen LogP contribution in [0.25, 0.3) is 0 Å². The van der Waals surface area contributed by atoms with Crippen LogP contribution in [0.3, 0.4) is 0 Å². The summed E-state index contributed by atoms with van der Waals surface area (Å²) in [4.78, 5) is 0. The molecule has 0 aliphatic heterocycles. The Morgan fingerprint density at radius 1 is 1.08 bits per heavy atom. The van der Waals surface area contributed by atoms with Crippen molar-refractivity contribution in [3.05, 3.63) is 35.4 Å². The maximum absolute atomic E-state index is 6.13. The van der Waals surface area contributed by atoms with Gasteiger partial charge in [0.25, 0.3) is 0 Å². The van der Waals surface area contributed by atoms with E-state index in [1.54, 1.807) is 5.56 Å². The number of hydrogen-bond donors (Lipinski definition) is 1. The van der Waals surface area contributed by atoms with Crippen LogP contribution in [-0.4, -0.2) is 6.04 Å². The third-order valence-corrected chi connectivity index (χ3v) is 3.73. The van der Waals surface area contributed by atoms with Gasteiger partial charge in [-0.3, -0.25) is 0 Å². The highest BCUT2D eigenvalue weighted by Gasteiger charge is 2.37. The molecule has 1 aromatic rings. The molecule has 1 aromatic carbocycles. The molecule has 4 rings (SSSR count). The molecule has 1 nitrogen and oxygen atoms in total. The maximum atomic E-state index is 6.13. The molecule has 3 atom stereocenters. The Morgan fingerprint density at radius 2 is 1.85 bits per heavy atom. The van der Waals surface area contributed by atoms with E-state index in [4.69, 9.17) is 5.73 Å². The lowest BCUT2D eigenvalue weighted by Gasteiger charge is -2.42. The molecular formula is C12H15N. The molecule has 13 heavy (non-hydrogen) atoms. The molecule has 2 N–H and O–H groups in total. The van der Waals surface area contributed by atoms with Crippen molar-refractivity contribution in [2.45, 2.75) is 37.1 Å². The van der Waals surface area contributed by atoms with Gasteiger partial charge in [0.1, 0.15) is 0 Å². The highest BCUT2D eigenvalue weighted by Crippen LogP contribution is 2.48. The van der Waals surface area contributed by atoms with E-state index in [2.05, 4.69) is 24.3 Å². The summed E-state index contributed by atoms with van der Waals surface area (Å²) >= 11 is 0. The van der Waals surface area contributed by atoms with Crippen LogP contribution in [0.15, 0.2) is 24.3 Å². The molecule has 3 aliphatic rings. The molecule has 1 heteroatoms. The van der Waals surface area contributed by atoms with E-state index < -0.39 is 0 Å². The molecule has 0 aromatic heterocycles. The van der Waals surface area contributed by atoms with Crippen molar-refractivity contribution in [1.29, 1.82) is 0 Å². The second kappa shape index (κ2) is 2.58. The number of rotatable bonds is 0. The van der Waals surface area contributed by atoms with Gasteiger partial charge in [0.2, 0.25) is 0 Å². The zero-order valence-corrected chi connectivity index (χ0v) is 7.74. The van der Waals surface area contributed by atoms with Gasteiger partial charge >= 0.3 is 0 Å². The van der Waals surface area contributed by atoms with Gasteiger partial charge in [-0.05, 0) is 42.2 Å². The first-order valence-electron chi connectivity index (χ1n) is 5.20. The van der Waals surface area contributed by atoms with E-state index in [9.17, 15) is 0 Å². The molecule has 0 spiro atoms. The summed E-state index contributed by atoms with van der Waals surface area (Å²) in [6.45, 7) is 0. The van der Waals surface area contributed by atoms with Gasteiger partial charge in [-0.1, -0.05) is 24.3 Å². The van der Waals surface area contributed by atoms with Crippen molar-refractivity contribution in [3.63, 3.8) is 0 Å². The van der Waals surface area contributed by atoms with Gasteiger partial charge in [-0.15, -0.1) is 0 Å². The minimum absolute atomic E-state index is 0.425. The van der Waals surface area contributed by atoms with Crippen LogP contribution < -0.4 is 5.73 Å². The van der Waals surface area contributed by atoms with Gasteiger partial charge in [0, 0.05) is 6.04 Å². The van der Waals surface area contributed by atoms with Crippen LogP contribution in [0, 0.1) is 0 Å². The fourth-order valence-corrected chi connectivity index (χ4v) is 3.09. The average molecular weight is 173 g/mol. The largest absolute Gasteiger partial charge is 0.327 e. The lowest BCUT2D eigenvalue weighted by atomic mass is 9.65. The zero-order chi connectivity index (χ0) is 8.84. The first kappa shape index (κ1) is 7.57. The van der Waals surface area contributed by atoms with Crippen LogP contribution >= 0.6 is 0 Å². The van der Waals surface area contributed by atoms with Crippen LogP contribution in [0.2, 0.25) is 0 Å². The zero-order valence-electron chi connectivity index (χ0n) is 7.74. The molecule has 1 saturated carbocycles. The Morgan fingerprint density at radius 3 is 2.62 bits per heavy atom. The first-order chi connectivity index (χ1) is 6.36. The van der Waals surface area contributed by atoms with Crippen molar-refractivity contribution in [3.8, 4) is 0 Å². The predicted octanol–water partition coefficient (Wildman–Crippen LogP) is 2.38. The van der Waals surface area contributed by atoms with Crippen LogP contribution in [-0.2, 0) is 0 Å². The molecule has 2 bridgehead atoms. The Kier molecular flexibility index (Phi) is 1.50. The second-order valence-electron chi connectivity index (χ2n) is 4.41. The number of hydrogen-bond acceptors (Lipinski definition) is 1. The second-order valence-corrected chi connectivity index (χ2v) is 4.41. The number of fused-ring (bicyclic) bond motifs is 2. The molecule has 3 aliphatic carbocycles. The first-order valence-corrected chi connectivity index (χ1v) is 5.20. The van der Waals surface area contributed by atoms with Crippen molar-refractivity contribution < 1.29 is 0 Å². The summed E-state index contributed by atoms with van der Waals surface area (Å²) < 4.78 is 0. The summed E-state index contributed by atoms with van der Waals surface area (Å²) in [6, 6.07) is 9.29. The van der Waals surface area contributed by atoms with E-state index in [1.807, 2.05) is 0 Å². The molecular weight excluding hydrogens is 158 g/mol. The summed E-state index contributed by atoms with van der Waals surface area (Å²) in [7, 11) is 0. The van der Waals surface area contributed by atoms with Gasteiger partial charge in [0.05, 0.1) is 0 Å². The third-order valence-electron chi connectivity index (χ3n) is 3.73. The van der Waals surface area contributed by atoms with Gasteiger partial charge in [0.15, 0.2) is 0 Å². The Labute approximate surface area is 78.9 Å². The van der Waals surface area contributed by atoms with E-state index in [0.29, 0.717) is 12.0 Å². The number of nitrogens with two attached hydrogens (primary N) is 1. The Bertz CT molecular complexity index is 332. The van der Waals surface area contributed by atoms with Crippen LogP contribution in [0.5, 0.6) is 0 Å². The molecule has 0 heterocycles. The summed E-state index contributed by atoms with van der Waals surface area (Å²) in [5.74, 6) is 1.41. The van der Waals surface area contributed by atoms with Crippen molar-refractivity contribution >= 4 is 0 Å². The molecule has 3 unspecified atom stereocenters. The van der Waals surface area contributed by atoms with Gasteiger partial charge < -0.3 is 5.73 Å². The molecule has 0 saturated heterocycles. The third kappa shape index (κ3) is 0.969. The normalized spacial score (nSPS) is 35.9. The van der Waals surface area contributed by atoms with E-state index >= 15 is 0 Å². The minimum Gasteiger partial charge on any atom is -0.327 e. The summed E-state index contributed by atoms with van der Waals surface area (Å²) in [5, 5.41) is 0. The predicted molar refractivity (Wildman–Crippen MR) is 53.8 cm³/mol. The van der Waals surface area contributed by atoms with Crippen molar-refractivity contribution in [1.82, 2.24) is 0 Å². The number of benzene rings is 1. The van der Waals surface area contributed by atoms with Gasteiger partial charge in [-0.25, -0.2) is 0 Å². The summed E-state index contributed by atoms with van der Waals surface area (Å²) in [6.07, 6.45) is 3.87. The standard InChI is InChI=1S/C12H15N/c13-12-7-8-5-6-11(12)10-4-2-1-3-9(8)10/h1-4,8,11-12H,5-7,13H2. The van der Waals surface area contributed by atoms with E-state index in [1.165, 1.54) is 24.8 Å². The van der Waals surface area contributed by atoms with E-state index in [-0.39, 0.29) is 0 Å². The van der Waals surface area contributed by atoms with Crippen molar-refractivity contribution in [2.24, 2.45) is 5.73 Å². The lowest BCUT2D eigenvalue weighted by molar-refractivity contribution is 0.314. The fraction of sp³-hybridized carbons (Fsp3) is 0.500. The maximum Gasteiger partial charge on any atom is 0.0114 e. The fourth-order valence-electron chi connectivity index (χ4n) is 3.09. The van der Waals surface area contributed by atoms with Crippen LogP contribution in [0.1, 0.15) is 42.2 Å². The average Bonchev–Trinajstić information content (AvgIpc) is 2.19. The Balaban J connectivity index is 2.16. The topological polar surface area (TPSA) is 26.0 Å². The van der Waals surface area contributed by atoms with Crippen LogP contribution in [0.4, 0.5) is 0 Å². The lowest BCUT2D eigenvalue weighted by Crippen LogP contribution is -2.39. The Hall–Kier alpha value is -0.820. The molecule has 68 valence electrons. The highest BCUT2D eigenvalue weighted by atomic mass is 14.7. The smallest absolute Gasteiger partial charge is 0.0114 e. The van der Waals surface area contributed by atoms with E-state index in [0.717, 1.165) is 5.92 Å². The monoisotopic (exact) mass is 173 g/mol. The molecule has 0 radical (unpaired) electrons. The minimum atomic E-state index is 0.425.